The molecule has 0 aliphatic carbocycles. The van der Waals surface area contributed by atoms with Gasteiger partial charge in [0.05, 0.1) is 24.4 Å². The monoisotopic (exact) mass is 371 g/mol. The number of rotatable bonds is 9. The topological polar surface area (TPSA) is 65.1 Å². The lowest BCUT2D eigenvalue weighted by molar-refractivity contribution is -0.138. The van der Waals surface area contributed by atoms with Gasteiger partial charge < -0.3 is 19.1 Å². The van der Waals surface area contributed by atoms with Crippen molar-refractivity contribution in [1.29, 1.82) is 0 Å². The predicted octanol–water partition coefficient (Wildman–Crippen LogP) is 2.96. The minimum absolute atomic E-state index is 0.236. The highest BCUT2D eigenvalue weighted by Crippen LogP contribution is 2.32. The molecule has 0 saturated carbocycles. The van der Waals surface area contributed by atoms with Crippen LogP contribution in [0.15, 0.2) is 53.8 Å². The number of methoxy groups -OCH3 is 1. The summed E-state index contributed by atoms with van der Waals surface area (Å²) in [4.78, 5) is 26.9. The molecule has 1 aromatic rings. The maximum atomic E-state index is 12.9. The molecule has 0 fully saturated rings. The Balaban J connectivity index is 2.42. The quantitative estimate of drug-likeness (QED) is 0.379. The SMILES string of the molecule is C=CCOc1cccc(/C=C2/C(=O)N(CCOC)C(C)=C2C(=O)OCC)c1. The summed E-state index contributed by atoms with van der Waals surface area (Å²) in [6, 6.07) is 7.30. The highest BCUT2D eigenvalue weighted by atomic mass is 16.5. The minimum Gasteiger partial charge on any atom is -0.490 e. The van der Waals surface area contributed by atoms with Crippen molar-refractivity contribution >= 4 is 18.0 Å². The molecule has 1 heterocycles. The van der Waals surface area contributed by atoms with E-state index in [1.165, 1.54) is 0 Å². The summed E-state index contributed by atoms with van der Waals surface area (Å²) in [5, 5.41) is 0. The second-order valence-corrected chi connectivity index (χ2v) is 5.86. The average Bonchev–Trinajstić information content (AvgIpc) is 2.88. The predicted molar refractivity (Wildman–Crippen MR) is 103 cm³/mol. The van der Waals surface area contributed by atoms with Gasteiger partial charge in [-0.25, -0.2) is 4.79 Å². The summed E-state index contributed by atoms with van der Waals surface area (Å²) >= 11 is 0. The highest BCUT2D eigenvalue weighted by Gasteiger charge is 2.36. The molecule has 0 saturated heterocycles. The van der Waals surface area contributed by atoms with E-state index in [-0.39, 0.29) is 18.1 Å². The lowest BCUT2D eigenvalue weighted by atomic mass is 10.0. The molecule has 0 spiro atoms. The zero-order chi connectivity index (χ0) is 19.8. The molecule has 2 rings (SSSR count). The van der Waals surface area contributed by atoms with Crippen LogP contribution in [0.1, 0.15) is 19.4 Å². The van der Waals surface area contributed by atoms with Gasteiger partial charge in [0.25, 0.3) is 5.91 Å². The van der Waals surface area contributed by atoms with E-state index in [0.29, 0.717) is 36.8 Å². The fourth-order valence-electron chi connectivity index (χ4n) is 2.80. The number of hydrogen-bond donors (Lipinski definition) is 0. The molecular weight excluding hydrogens is 346 g/mol. The minimum atomic E-state index is -0.506. The smallest absolute Gasteiger partial charge is 0.340 e. The van der Waals surface area contributed by atoms with Crippen molar-refractivity contribution in [2.75, 3.05) is 33.5 Å². The van der Waals surface area contributed by atoms with E-state index in [1.54, 1.807) is 44.1 Å². The molecule has 0 radical (unpaired) electrons. The zero-order valence-electron chi connectivity index (χ0n) is 16.0. The Morgan fingerprint density at radius 1 is 1.33 bits per heavy atom. The first-order valence-corrected chi connectivity index (χ1v) is 8.78. The van der Waals surface area contributed by atoms with Crippen molar-refractivity contribution in [2.45, 2.75) is 13.8 Å². The number of carbonyl (C=O) groups excluding carboxylic acids is 2. The number of amides is 1. The highest BCUT2D eigenvalue weighted by molar-refractivity contribution is 6.16. The van der Waals surface area contributed by atoms with Crippen LogP contribution in [0, 0.1) is 0 Å². The molecule has 0 aromatic heterocycles. The Hall–Kier alpha value is -2.86. The van der Waals surface area contributed by atoms with Gasteiger partial charge in [0.15, 0.2) is 0 Å². The fourth-order valence-corrected chi connectivity index (χ4v) is 2.80. The van der Waals surface area contributed by atoms with E-state index >= 15 is 0 Å². The maximum Gasteiger partial charge on any atom is 0.340 e. The van der Waals surface area contributed by atoms with Gasteiger partial charge in [0, 0.05) is 19.4 Å². The number of allylic oxidation sites excluding steroid dienone is 1. The van der Waals surface area contributed by atoms with Crippen LogP contribution in [0.25, 0.3) is 6.08 Å². The summed E-state index contributed by atoms with van der Waals surface area (Å²) < 4.78 is 15.8. The first-order chi connectivity index (χ1) is 13.0. The van der Waals surface area contributed by atoms with E-state index in [9.17, 15) is 9.59 Å². The molecule has 27 heavy (non-hydrogen) atoms. The van der Waals surface area contributed by atoms with Crippen LogP contribution in [-0.2, 0) is 19.1 Å². The van der Waals surface area contributed by atoms with E-state index < -0.39 is 5.97 Å². The summed E-state index contributed by atoms with van der Waals surface area (Å²) in [6.07, 6.45) is 3.34. The molecule has 0 N–H and O–H groups in total. The number of hydrogen-bond acceptors (Lipinski definition) is 5. The third-order valence-electron chi connectivity index (χ3n) is 4.05. The third kappa shape index (κ3) is 4.86. The zero-order valence-corrected chi connectivity index (χ0v) is 16.0. The molecule has 1 aliphatic rings. The average molecular weight is 371 g/mol. The third-order valence-corrected chi connectivity index (χ3v) is 4.05. The normalized spacial score (nSPS) is 15.4. The molecule has 0 atom stereocenters. The van der Waals surface area contributed by atoms with Crippen molar-refractivity contribution < 1.29 is 23.8 Å². The van der Waals surface area contributed by atoms with Gasteiger partial charge in [-0.1, -0.05) is 24.8 Å². The summed E-state index contributed by atoms with van der Waals surface area (Å²) in [5.74, 6) is -0.0945. The van der Waals surface area contributed by atoms with Crippen molar-refractivity contribution in [1.82, 2.24) is 4.90 Å². The Bertz CT molecular complexity index is 779. The first-order valence-electron chi connectivity index (χ1n) is 8.78. The first kappa shape index (κ1) is 20.5. The van der Waals surface area contributed by atoms with Gasteiger partial charge in [0.2, 0.25) is 0 Å². The standard InChI is InChI=1S/C21H25NO5/c1-5-11-27-17-9-7-8-16(13-17)14-18-19(21(24)26-6-2)15(3)22(20(18)23)10-12-25-4/h5,7-9,13-14H,1,6,10-12H2,2-4H3/b18-14+. The number of ether oxygens (including phenoxy) is 3. The lowest BCUT2D eigenvalue weighted by Gasteiger charge is -2.16. The van der Waals surface area contributed by atoms with E-state index in [0.717, 1.165) is 5.56 Å². The number of nitrogens with zero attached hydrogens (tertiary/aromatic N) is 1. The summed E-state index contributed by atoms with van der Waals surface area (Å²) in [6.45, 7) is 8.46. The summed E-state index contributed by atoms with van der Waals surface area (Å²) in [5.41, 5.74) is 1.92. The van der Waals surface area contributed by atoms with Crippen LogP contribution in [0.5, 0.6) is 5.75 Å². The van der Waals surface area contributed by atoms with E-state index in [1.807, 2.05) is 18.2 Å². The Morgan fingerprint density at radius 2 is 2.11 bits per heavy atom. The number of esters is 1. The van der Waals surface area contributed by atoms with Gasteiger partial charge in [-0.3, -0.25) is 4.79 Å². The second kappa shape index (κ2) is 9.73. The second-order valence-electron chi connectivity index (χ2n) is 5.86. The maximum absolute atomic E-state index is 12.9. The van der Waals surface area contributed by atoms with Gasteiger partial charge in [-0.2, -0.15) is 0 Å². The van der Waals surface area contributed by atoms with Gasteiger partial charge in [-0.05, 0) is 37.6 Å². The molecular formula is C21H25NO5. The molecule has 1 amide bonds. The fraction of sp³-hybridized carbons (Fsp3) is 0.333. The van der Waals surface area contributed by atoms with Crippen LogP contribution in [-0.4, -0.2) is 50.3 Å². The van der Waals surface area contributed by atoms with Gasteiger partial charge in [0.1, 0.15) is 12.4 Å². The number of benzene rings is 1. The molecule has 0 bridgehead atoms. The lowest BCUT2D eigenvalue weighted by Crippen LogP contribution is -2.28. The molecule has 6 nitrogen and oxygen atoms in total. The molecule has 144 valence electrons. The van der Waals surface area contributed by atoms with Crippen molar-refractivity contribution in [2.24, 2.45) is 0 Å². The Labute approximate surface area is 159 Å². The van der Waals surface area contributed by atoms with Crippen LogP contribution in [0.3, 0.4) is 0 Å². The van der Waals surface area contributed by atoms with Crippen molar-refractivity contribution in [3.8, 4) is 5.75 Å². The van der Waals surface area contributed by atoms with Crippen LogP contribution in [0.2, 0.25) is 0 Å². The van der Waals surface area contributed by atoms with Crippen LogP contribution < -0.4 is 4.74 Å². The van der Waals surface area contributed by atoms with Crippen LogP contribution >= 0.6 is 0 Å². The number of carbonyl (C=O) groups is 2. The van der Waals surface area contributed by atoms with Gasteiger partial charge in [-0.15, -0.1) is 0 Å². The van der Waals surface area contributed by atoms with E-state index in [4.69, 9.17) is 14.2 Å². The largest absolute Gasteiger partial charge is 0.490 e. The molecule has 0 unspecified atom stereocenters. The molecule has 1 aromatic carbocycles. The van der Waals surface area contributed by atoms with Crippen molar-refractivity contribution in [3.05, 3.63) is 59.3 Å². The van der Waals surface area contributed by atoms with Gasteiger partial charge >= 0.3 is 5.97 Å². The van der Waals surface area contributed by atoms with Crippen LogP contribution in [0.4, 0.5) is 0 Å². The molecule has 6 heteroatoms. The van der Waals surface area contributed by atoms with E-state index in [2.05, 4.69) is 6.58 Å². The Kier molecular flexibility index (Phi) is 7.37. The summed E-state index contributed by atoms with van der Waals surface area (Å²) in [7, 11) is 1.57. The Morgan fingerprint density at radius 3 is 2.78 bits per heavy atom. The van der Waals surface area contributed by atoms with Crippen molar-refractivity contribution in [3.63, 3.8) is 0 Å². The molecule has 1 aliphatic heterocycles.